The first-order valence-corrected chi connectivity index (χ1v) is 6.42. The van der Waals surface area contributed by atoms with Crippen LogP contribution in [0.2, 0.25) is 0 Å². The van der Waals surface area contributed by atoms with Crippen LogP contribution in [-0.4, -0.2) is 33.8 Å². The third kappa shape index (κ3) is 3.65. The van der Waals surface area contributed by atoms with E-state index in [0.29, 0.717) is 23.4 Å². The minimum absolute atomic E-state index is 0.157. The molecule has 0 aliphatic rings. The highest BCUT2D eigenvalue weighted by Gasteiger charge is 2.13. The van der Waals surface area contributed by atoms with Crippen LogP contribution in [-0.2, 0) is 16.1 Å². The molecule has 0 radical (unpaired) electrons. The van der Waals surface area contributed by atoms with Crippen LogP contribution in [0.4, 0.5) is 5.69 Å². The number of aryl methyl sites for hydroxylation is 1. The molecule has 0 bridgehead atoms. The van der Waals surface area contributed by atoms with E-state index in [-0.39, 0.29) is 12.3 Å². The summed E-state index contributed by atoms with van der Waals surface area (Å²) in [4.78, 5) is 27.3. The lowest BCUT2D eigenvalue weighted by Crippen LogP contribution is -2.16. The molecular weight excluding hydrogens is 272 g/mol. The smallest absolute Gasteiger partial charge is 0.338 e. The zero-order chi connectivity index (χ0) is 15.2. The second-order valence-electron chi connectivity index (χ2n) is 4.43. The van der Waals surface area contributed by atoms with Gasteiger partial charge in [0.1, 0.15) is 12.7 Å². The number of benzene rings is 1. The summed E-state index contributed by atoms with van der Waals surface area (Å²) >= 11 is 0. The summed E-state index contributed by atoms with van der Waals surface area (Å²) in [5, 5.41) is 6.71. The van der Waals surface area contributed by atoms with E-state index in [9.17, 15) is 9.59 Å². The Bertz CT molecular complexity index is 638. The largest absolute Gasteiger partial charge is 0.465 e. The van der Waals surface area contributed by atoms with Crippen molar-refractivity contribution in [1.29, 1.82) is 0 Å². The summed E-state index contributed by atoms with van der Waals surface area (Å²) in [5.74, 6) is -0.582. The number of hydrogen-bond donors (Lipinski definition) is 1. The van der Waals surface area contributed by atoms with Gasteiger partial charge in [0, 0.05) is 12.1 Å². The fourth-order valence-corrected chi connectivity index (χ4v) is 1.88. The predicted octanol–water partition coefficient (Wildman–Crippen LogP) is 1.40. The molecule has 2 rings (SSSR count). The highest BCUT2D eigenvalue weighted by Crippen LogP contribution is 2.19. The van der Waals surface area contributed by atoms with Gasteiger partial charge in [-0.25, -0.2) is 9.78 Å². The van der Waals surface area contributed by atoms with E-state index in [2.05, 4.69) is 15.4 Å². The van der Waals surface area contributed by atoms with Crippen molar-refractivity contribution in [3.8, 4) is 0 Å². The summed E-state index contributed by atoms with van der Waals surface area (Å²) in [6.45, 7) is 2.21. The molecule has 110 valence electrons. The Morgan fingerprint density at radius 1 is 1.38 bits per heavy atom. The molecule has 7 heteroatoms. The molecular formula is C14H16N4O3. The highest BCUT2D eigenvalue weighted by atomic mass is 16.5. The van der Waals surface area contributed by atoms with Gasteiger partial charge in [0.25, 0.3) is 0 Å². The first-order chi connectivity index (χ1) is 10.1. The molecule has 7 nitrogen and oxygen atoms in total. The van der Waals surface area contributed by atoms with Crippen molar-refractivity contribution in [2.45, 2.75) is 19.9 Å². The quantitative estimate of drug-likeness (QED) is 0.840. The normalized spacial score (nSPS) is 10.2. The van der Waals surface area contributed by atoms with Crippen LogP contribution in [0.3, 0.4) is 0 Å². The molecule has 1 aromatic carbocycles. The van der Waals surface area contributed by atoms with Gasteiger partial charge in [-0.2, -0.15) is 5.10 Å². The van der Waals surface area contributed by atoms with Gasteiger partial charge in [0.2, 0.25) is 5.91 Å². The van der Waals surface area contributed by atoms with Crippen molar-refractivity contribution < 1.29 is 14.3 Å². The Labute approximate surface area is 121 Å². The second kappa shape index (κ2) is 6.65. The number of hydrogen-bond acceptors (Lipinski definition) is 5. The van der Waals surface area contributed by atoms with Crippen molar-refractivity contribution in [2.75, 3.05) is 12.4 Å². The molecule has 2 aromatic rings. The fraction of sp³-hybridized carbons (Fsp3) is 0.286. The summed E-state index contributed by atoms with van der Waals surface area (Å²) in [7, 11) is 1.32. The standard InChI is InChI=1S/C14H16N4O3/c1-10-11(14(20)21-2)4-3-5-12(10)17-13(19)6-7-18-9-15-8-16-18/h3-5,8-9H,6-7H2,1-2H3,(H,17,19). The predicted molar refractivity (Wildman–Crippen MR) is 75.8 cm³/mol. The van der Waals surface area contributed by atoms with Crippen molar-refractivity contribution in [3.05, 3.63) is 42.0 Å². The van der Waals surface area contributed by atoms with Crippen molar-refractivity contribution >= 4 is 17.6 Å². The number of nitrogens with zero attached hydrogens (tertiary/aromatic N) is 3. The second-order valence-corrected chi connectivity index (χ2v) is 4.43. The molecule has 1 aromatic heterocycles. The van der Waals surface area contributed by atoms with Crippen LogP contribution in [0.1, 0.15) is 22.3 Å². The Morgan fingerprint density at radius 3 is 2.86 bits per heavy atom. The fourth-order valence-electron chi connectivity index (χ4n) is 1.88. The molecule has 1 N–H and O–H groups in total. The molecule has 0 unspecified atom stereocenters. The van der Waals surface area contributed by atoms with Crippen LogP contribution in [0.25, 0.3) is 0 Å². The number of methoxy groups -OCH3 is 1. The van der Waals surface area contributed by atoms with Gasteiger partial charge in [-0.15, -0.1) is 0 Å². The van der Waals surface area contributed by atoms with Gasteiger partial charge < -0.3 is 10.1 Å². The number of aromatic nitrogens is 3. The third-order valence-corrected chi connectivity index (χ3v) is 3.05. The first-order valence-electron chi connectivity index (χ1n) is 6.42. The number of nitrogens with one attached hydrogen (secondary N) is 1. The van der Waals surface area contributed by atoms with Crippen molar-refractivity contribution in [2.24, 2.45) is 0 Å². The summed E-state index contributed by atoms with van der Waals surface area (Å²) in [6.07, 6.45) is 3.24. The summed E-state index contributed by atoms with van der Waals surface area (Å²) in [6, 6.07) is 5.10. The minimum atomic E-state index is -0.425. The molecule has 0 atom stereocenters. The van der Waals surface area contributed by atoms with Crippen molar-refractivity contribution in [1.82, 2.24) is 14.8 Å². The monoisotopic (exact) mass is 288 g/mol. The lowest BCUT2D eigenvalue weighted by molar-refractivity contribution is -0.116. The third-order valence-electron chi connectivity index (χ3n) is 3.05. The van der Waals surface area contributed by atoms with Crippen LogP contribution in [0.5, 0.6) is 0 Å². The van der Waals surface area contributed by atoms with E-state index < -0.39 is 5.97 Å². The van der Waals surface area contributed by atoms with E-state index in [4.69, 9.17) is 4.74 Å². The SMILES string of the molecule is COC(=O)c1cccc(NC(=O)CCn2cncn2)c1C. The van der Waals surface area contributed by atoms with Gasteiger partial charge in [0.05, 0.1) is 19.2 Å². The Kier molecular flexibility index (Phi) is 4.65. The Morgan fingerprint density at radius 2 is 2.19 bits per heavy atom. The van der Waals surface area contributed by atoms with Gasteiger partial charge in [-0.1, -0.05) is 6.07 Å². The first kappa shape index (κ1) is 14.7. The van der Waals surface area contributed by atoms with Gasteiger partial charge in [0.15, 0.2) is 0 Å². The topological polar surface area (TPSA) is 86.1 Å². The highest BCUT2D eigenvalue weighted by molar-refractivity contribution is 5.96. The maximum Gasteiger partial charge on any atom is 0.338 e. The van der Waals surface area contributed by atoms with E-state index in [1.807, 2.05) is 0 Å². The molecule has 0 saturated carbocycles. The van der Waals surface area contributed by atoms with E-state index >= 15 is 0 Å². The average molecular weight is 288 g/mol. The summed E-state index contributed by atoms with van der Waals surface area (Å²) in [5.41, 5.74) is 1.71. The minimum Gasteiger partial charge on any atom is -0.465 e. The van der Waals surface area contributed by atoms with Gasteiger partial charge >= 0.3 is 5.97 Å². The van der Waals surface area contributed by atoms with E-state index in [0.717, 1.165) is 0 Å². The van der Waals surface area contributed by atoms with E-state index in [1.165, 1.54) is 13.4 Å². The average Bonchev–Trinajstić information content (AvgIpc) is 3.00. The molecule has 0 saturated heterocycles. The van der Waals surface area contributed by atoms with E-state index in [1.54, 1.807) is 36.1 Å². The van der Waals surface area contributed by atoms with Crippen molar-refractivity contribution in [3.63, 3.8) is 0 Å². The number of ether oxygens (including phenoxy) is 1. The molecule has 1 amide bonds. The van der Waals surface area contributed by atoms with Crippen LogP contribution in [0, 0.1) is 6.92 Å². The zero-order valence-corrected chi connectivity index (χ0v) is 11.9. The molecule has 0 aliphatic carbocycles. The van der Waals surface area contributed by atoms with Crippen LogP contribution >= 0.6 is 0 Å². The lowest BCUT2D eigenvalue weighted by Gasteiger charge is -2.11. The molecule has 0 aliphatic heterocycles. The number of anilines is 1. The number of esters is 1. The summed E-state index contributed by atoms with van der Waals surface area (Å²) < 4.78 is 6.28. The molecule has 0 spiro atoms. The maximum absolute atomic E-state index is 11.9. The number of carbonyl (C=O) groups excluding carboxylic acids is 2. The molecule has 0 fully saturated rings. The Balaban J connectivity index is 2.02. The molecule has 1 heterocycles. The molecule has 21 heavy (non-hydrogen) atoms. The van der Waals surface area contributed by atoms with Gasteiger partial charge in [-0.05, 0) is 24.6 Å². The zero-order valence-electron chi connectivity index (χ0n) is 11.9. The lowest BCUT2D eigenvalue weighted by atomic mass is 10.1. The maximum atomic E-state index is 11.9. The van der Waals surface area contributed by atoms with Crippen LogP contribution in [0.15, 0.2) is 30.9 Å². The Hall–Kier alpha value is -2.70. The number of amides is 1. The van der Waals surface area contributed by atoms with Gasteiger partial charge in [-0.3, -0.25) is 9.48 Å². The number of rotatable bonds is 5. The van der Waals surface area contributed by atoms with Crippen LogP contribution < -0.4 is 5.32 Å². The number of carbonyl (C=O) groups is 2.